The third kappa shape index (κ3) is 5.44. The van der Waals surface area contributed by atoms with Crippen LogP contribution in [0.2, 0.25) is 0 Å². The van der Waals surface area contributed by atoms with Crippen molar-refractivity contribution in [2.45, 2.75) is 6.42 Å². The third-order valence-electron chi connectivity index (χ3n) is 5.37. The van der Waals surface area contributed by atoms with Crippen LogP contribution in [0.25, 0.3) is 11.3 Å². The maximum atomic E-state index is 14.0. The normalized spacial score (nSPS) is 14.5. The fourth-order valence-electron chi connectivity index (χ4n) is 3.73. The van der Waals surface area contributed by atoms with Crippen molar-refractivity contribution >= 4 is 34.2 Å². The van der Waals surface area contributed by atoms with Gasteiger partial charge in [0.05, 0.1) is 18.0 Å². The number of benzene rings is 2. The topological polar surface area (TPSA) is 67.5 Å². The van der Waals surface area contributed by atoms with Crippen molar-refractivity contribution in [3.63, 3.8) is 0 Å². The quantitative estimate of drug-likeness (QED) is 0.351. The van der Waals surface area contributed by atoms with E-state index < -0.39 is 11.6 Å². The summed E-state index contributed by atoms with van der Waals surface area (Å²) >= 11 is 2.19. The summed E-state index contributed by atoms with van der Waals surface area (Å²) in [6.07, 6.45) is 0.825. The predicted octanol–water partition coefficient (Wildman–Crippen LogP) is 4.20. The number of aromatic nitrogens is 2. The van der Waals surface area contributed by atoms with E-state index in [4.69, 9.17) is 10.5 Å². The first kappa shape index (κ1) is 22.7. The predicted molar refractivity (Wildman–Crippen MR) is 130 cm³/mol. The minimum Gasteiger partial charge on any atom is -0.477 e. The molecule has 0 unspecified atom stereocenters. The van der Waals surface area contributed by atoms with Gasteiger partial charge in [-0.2, -0.15) is 4.98 Å². The van der Waals surface area contributed by atoms with Gasteiger partial charge in [0.2, 0.25) is 11.8 Å². The Morgan fingerprint density at radius 3 is 2.47 bits per heavy atom. The Morgan fingerprint density at radius 2 is 1.75 bits per heavy atom. The molecular weight excluding hydrogens is 527 g/mol. The first-order valence-electron chi connectivity index (χ1n) is 10.4. The molecule has 2 N–H and O–H groups in total. The van der Waals surface area contributed by atoms with E-state index in [-0.39, 0.29) is 5.95 Å². The summed E-state index contributed by atoms with van der Waals surface area (Å²) in [7, 11) is 0. The maximum absolute atomic E-state index is 14.0. The Balaban J connectivity index is 1.27. The van der Waals surface area contributed by atoms with Crippen LogP contribution in [0.1, 0.15) is 6.42 Å². The van der Waals surface area contributed by atoms with Crippen LogP contribution in [0.15, 0.2) is 48.5 Å². The van der Waals surface area contributed by atoms with E-state index in [1.165, 1.54) is 12.1 Å². The molecule has 0 radical (unpaired) electrons. The van der Waals surface area contributed by atoms with Crippen LogP contribution in [0.4, 0.5) is 20.4 Å². The second-order valence-corrected chi connectivity index (χ2v) is 8.62. The van der Waals surface area contributed by atoms with Crippen LogP contribution in [-0.2, 0) is 0 Å². The van der Waals surface area contributed by atoms with Crippen molar-refractivity contribution in [3.8, 4) is 17.1 Å². The summed E-state index contributed by atoms with van der Waals surface area (Å²) in [6.45, 7) is 4.39. The van der Waals surface area contributed by atoms with E-state index >= 15 is 0 Å². The average Bonchev–Trinajstić information content (AvgIpc) is 2.80. The lowest BCUT2D eigenvalue weighted by atomic mass is 10.1. The van der Waals surface area contributed by atoms with Crippen molar-refractivity contribution in [1.82, 2.24) is 14.9 Å². The van der Waals surface area contributed by atoms with E-state index in [2.05, 4.69) is 37.5 Å². The summed E-state index contributed by atoms with van der Waals surface area (Å²) in [5, 5.41) is 0. The molecule has 2 heterocycles. The molecule has 1 saturated heterocycles. The molecule has 4 rings (SSSR count). The molecule has 0 saturated carbocycles. The summed E-state index contributed by atoms with van der Waals surface area (Å²) in [4.78, 5) is 12.9. The van der Waals surface area contributed by atoms with E-state index in [1.54, 1.807) is 0 Å². The first-order valence-corrected chi connectivity index (χ1v) is 11.5. The molecule has 1 aliphatic rings. The number of nitrogen functional groups attached to an aromatic ring is 1. The van der Waals surface area contributed by atoms with E-state index in [0.29, 0.717) is 31.3 Å². The standard InChI is InChI=1S/C23H24F2IN5O/c24-17-7-8-19(18(25)15-17)31-12-10-30(11-13-31)9-4-14-32-22-20(26)21(28-23(27)29-22)16-5-2-1-3-6-16/h1-3,5-8,15H,4,9-14H2,(H2,27,28,29). The van der Waals surface area contributed by atoms with Crippen LogP contribution in [0, 0.1) is 15.2 Å². The highest BCUT2D eigenvalue weighted by molar-refractivity contribution is 14.1. The second kappa shape index (κ2) is 10.4. The number of halogens is 3. The van der Waals surface area contributed by atoms with E-state index in [0.717, 1.165) is 46.9 Å². The first-order chi connectivity index (χ1) is 15.5. The zero-order chi connectivity index (χ0) is 22.5. The minimum atomic E-state index is -0.555. The fourth-order valence-corrected chi connectivity index (χ4v) is 4.44. The van der Waals surface area contributed by atoms with E-state index in [9.17, 15) is 8.78 Å². The average molecular weight is 551 g/mol. The summed E-state index contributed by atoms with van der Waals surface area (Å²) in [6, 6.07) is 13.6. The van der Waals surface area contributed by atoms with Gasteiger partial charge in [-0.3, -0.25) is 4.90 Å². The number of anilines is 2. The highest BCUT2D eigenvalue weighted by Crippen LogP contribution is 2.30. The zero-order valence-corrected chi connectivity index (χ0v) is 19.6. The van der Waals surface area contributed by atoms with Gasteiger partial charge in [-0.1, -0.05) is 30.3 Å². The number of ether oxygens (including phenoxy) is 1. The zero-order valence-electron chi connectivity index (χ0n) is 17.5. The third-order valence-corrected chi connectivity index (χ3v) is 6.34. The van der Waals surface area contributed by atoms with Gasteiger partial charge in [0, 0.05) is 44.4 Å². The fraction of sp³-hybridized carbons (Fsp3) is 0.304. The lowest BCUT2D eigenvalue weighted by molar-refractivity contribution is 0.221. The maximum Gasteiger partial charge on any atom is 0.232 e. The number of rotatable bonds is 7. The number of hydrogen-bond acceptors (Lipinski definition) is 6. The smallest absolute Gasteiger partial charge is 0.232 e. The van der Waals surface area contributed by atoms with Gasteiger partial charge in [0.15, 0.2) is 0 Å². The largest absolute Gasteiger partial charge is 0.477 e. The Kier molecular flexibility index (Phi) is 7.36. The molecule has 0 bridgehead atoms. The van der Waals surface area contributed by atoms with Crippen molar-refractivity contribution in [1.29, 1.82) is 0 Å². The molecule has 168 valence electrons. The van der Waals surface area contributed by atoms with Gasteiger partial charge in [0.25, 0.3) is 0 Å². The molecule has 0 spiro atoms. The summed E-state index contributed by atoms with van der Waals surface area (Å²) < 4.78 is 33.9. The molecule has 1 aliphatic heterocycles. The van der Waals surface area contributed by atoms with E-state index in [1.807, 2.05) is 35.2 Å². The van der Waals surface area contributed by atoms with Crippen molar-refractivity contribution in [2.24, 2.45) is 0 Å². The van der Waals surface area contributed by atoms with Crippen LogP contribution < -0.4 is 15.4 Å². The Bertz CT molecular complexity index is 1060. The molecule has 3 aromatic rings. The molecule has 0 atom stereocenters. The van der Waals surface area contributed by atoms with Gasteiger partial charge in [0.1, 0.15) is 15.2 Å². The highest BCUT2D eigenvalue weighted by Gasteiger charge is 2.20. The molecule has 9 heteroatoms. The van der Waals surface area contributed by atoms with Crippen LogP contribution in [-0.4, -0.2) is 54.2 Å². The molecule has 2 aromatic carbocycles. The van der Waals surface area contributed by atoms with Gasteiger partial charge >= 0.3 is 0 Å². The summed E-state index contributed by atoms with van der Waals surface area (Å²) in [5.41, 5.74) is 8.08. The van der Waals surface area contributed by atoms with Crippen LogP contribution in [0.3, 0.4) is 0 Å². The monoisotopic (exact) mass is 551 g/mol. The SMILES string of the molecule is Nc1nc(OCCCN2CCN(c3ccc(F)cc3F)CC2)c(I)c(-c2ccccc2)n1. The van der Waals surface area contributed by atoms with Gasteiger partial charge in [-0.05, 0) is 41.1 Å². The molecule has 1 fully saturated rings. The molecule has 32 heavy (non-hydrogen) atoms. The number of nitrogens with zero attached hydrogens (tertiary/aromatic N) is 4. The summed E-state index contributed by atoms with van der Waals surface area (Å²) in [5.74, 6) is -0.390. The number of hydrogen-bond donors (Lipinski definition) is 1. The van der Waals surface area contributed by atoms with Crippen molar-refractivity contribution in [3.05, 3.63) is 63.7 Å². The van der Waals surface area contributed by atoms with Gasteiger partial charge in [-0.25, -0.2) is 13.8 Å². The lowest BCUT2D eigenvalue weighted by Crippen LogP contribution is -2.47. The lowest BCUT2D eigenvalue weighted by Gasteiger charge is -2.36. The number of nitrogens with two attached hydrogens (primary N) is 1. The Labute approximate surface area is 199 Å². The van der Waals surface area contributed by atoms with Gasteiger partial charge in [-0.15, -0.1) is 0 Å². The van der Waals surface area contributed by atoms with Crippen LogP contribution >= 0.6 is 22.6 Å². The number of piperazine rings is 1. The Morgan fingerprint density at radius 1 is 1.00 bits per heavy atom. The van der Waals surface area contributed by atoms with Gasteiger partial charge < -0.3 is 15.4 Å². The molecule has 0 amide bonds. The minimum absolute atomic E-state index is 0.184. The van der Waals surface area contributed by atoms with Crippen LogP contribution in [0.5, 0.6) is 5.88 Å². The molecule has 1 aromatic heterocycles. The molecular formula is C23H24F2IN5O. The van der Waals surface area contributed by atoms with Crippen molar-refractivity contribution < 1.29 is 13.5 Å². The van der Waals surface area contributed by atoms with Crippen molar-refractivity contribution in [2.75, 3.05) is 50.0 Å². The Hall–Kier alpha value is -2.53. The highest BCUT2D eigenvalue weighted by atomic mass is 127. The molecule has 0 aliphatic carbocycles. The molecule has 6 nitrogen and oxygen atoms in total. The second-order valence-electron chi connectivity index (χ2n) is 7.54.